The summed E-state index contributed by atoms with van der Waals surface area (Å²) >= 11 is 0. The van der Waals surface area contributed by atoms with E-state index in [0.717, 1.165) is 24.1 Å². The van der Waals surface area contributed by atoms with Crippen LogP contribution >= 0.6 is 0 Å². The molecule has 0 aromatic heterocycles. The van der Waals surface area contributed by atoms with Crippen molar-refractivity contribution in [3.05, 3.63) is 0 Å². The standard InChI is InChI=1S/C18H40NO.ClH/c1-4-7-8-9-10-11-12-13-14-15-16-19(5-2,6-3)17-18-20;/h20H,4-18H2,1-3H3;1H/q+1;/p-1. The van der Waals surface area contributed by atoms with E-state index in [1.165, 1.54) is 70.8 Å². The summed E-state index contributed by atoms with van der Waals surface area (Å²) in [6.07, 6.45) is 14.0. The van der Waals surface area contributed by atoms with Crippen LogP contribution in [0.25, 0.3) is 0 Å². The molecule has 21 heavy (non-hydrogen) atoms. The molecule has 0 aliphatic rings. The molecule has 1 N–H and O–H groups in total. The molecule has 0 atom stereocenters. The molecule has 0 aliphatic carbocycles. The number of rotatable bonds is 15. The molecule has 2 nitrogen and oxygen atoms in total. The van der Waals surface area contributed by atoms with Crippen molar-refractivity contribution >= 4 is 0 Å². The van der Waals surface area contributed by atoms with Crippen LogP contribution in [-0.2, 0) is 0 Å². The van der Waals surface area contributed by atoms with Crippen molar-refractivity contribution in [2.75, 3.05) is 32.8 Å². The zero-order chi connectivity index (χ0) is 15.1. The summed E-state index contributed by atoms with van der Waals surface area (Å²) in [5, 5.41) is 9.21. The summed E-state index contributed by atoms with van der Waals surface area (Å²) in [5.41, 5.74) is 0. The fraction of sp³-hybridized carbons (Fsp3) is 1.00. The van der Waals surface area contributed by atoms with E-state index in [9.17, 15) is 5.11 Å². The van der Waals surface area contributed by atoms with Crippen LogP contribution in [0.15, 0.2) is 0 Å². The number of unbranched alkanes of at least 4 members (excludes halogenated alkanes) is 9. The van der Waals surface area contributed by atoms with E-state index in [1.807, 2.05) is 0 Å². The van der Waals surface area contributed by atoms with Crippen molar-refractivity contribution in [2.24, 2.45) is 0 Å². The highest BCUT2D eigenvalue weighted by atomic mass is 35.5. The first kappa shape index (κ1) is 23.5. The maximum atomic E-state index is 9.21. The molecule has 3 heteroatoms. The van der Waals surface area contributed by atoms with Gasteiger partial charge in [0.05, 0.1) is 26.2 Å². The molecule has 0 spiro atoms. The molecule has 0 fully saturated rings. The number of halogens is 1. The lowest BCUT2D eigenvalue weighted by molar-refractivity contribution is -0.925. The van der Waals surface area contributed by atoms with Crippen LogP contribution in [-0.4, -0.2) is 42.4 Å². The van der Waals surface area contributed by atoms with Crippen molar-refractivity contribution in [1.82, 2.24) is 0 Å². The van der Waals surface area contributed by atoms with Gasteiger partial charge in [-0.15, -0.1) is 0 Å². The van der Waals surface area contributed by atoms with Crippen LogP contribution in [0.1, 0.15) is 85.0 Å². The number of aliphatic hydroxyl groups excluding tert-OH is 1. The number of likely N-dealkylation sites (N-methyl/N-ethyl adjacent to an activating group) is 1. The summed E-state index contributed by atoms with van der Waals surface area (Å²) in [5.74, 6) is 0. The summed E-state index contributed by atoms with van der Waals surface area (Å²) in [6, 6.07) is 0. The van der Waals surface area contributed by atoms with Gasteiger partial charge in [-0.25, -0.2) is 0 Å². The van der Waals surface area contributed by atoms with Crippen molar-refractivity contribution < 1.29 is 22.0 Å². The Morgan fingerprint density at radius 2 is 1.05 bits per heavy atom. The average Bonchev–Trinajstić information content (AvgIpc) is 2.48. The predicted octanol–water partition coefficient (Wildman–Crippen LogP) is 1.76. The summed E-state index contributed by atoms with van der Waals surface area (Å²) in [4.78, 5) is 0. The van der Waals surface area contributed by atoms with E-state index in [2.05, 4.69) is 20.8 Å². The third-order valence-electron chi connectivity index (χ3n) is 4.90. The first-order chi connectivity index (χ1) is 9.74. The Hall–Kier alpha value is 0.210. The SMILES string of the molecule is CCCCCCCCCCCC[N+](CC)(CC)CCO.[Cl-]. The Morgan fingerprint density at radius 3 is 1.43 bits per heavy atom. The molecular formula is C18H40ClNO. The monoisotopic (exact) mass is 321 g/mol. The Balaban J connectivity index is 0. The van der Waals surface area contributed by atoms with E-state index in [1.54, 1.807) is 0 Å². The Bertz CT molecular complexity index is 196. The zero-order valence-electron chi connectivity index (χ0n) is 14.9. The lowest BCUT2D eigenvalue weighted by Crippen LogP contribution is -3.00. The van der Waals surface area contributed by atoms with Crippen LogP contribution in [0.3, 0.4) is 0 Å². The molecule has 0 aliphatic heterocycles. The van der Waals surface area contributed by atoms with E-state index < -0.39 is 0 Å². The van der Waals surface area contributed by atoms with Crippen molar-refractivity contribution in [3.63, 3.8) is 0 Å². The maximum absolute atomic E-state index is 9.21. The molecule has 130 valence electrons. The number of quaternary nitrogens is 1. The van der Waals surface area contributed by atoms with Gasteiger partial charge in [-0.1, -0.05) is 58.3 Å². The van der Waals surface area contributed by atoms with Gasteiger partial charge in [0, 0.05) is 0 Å². The van der Waals surface area contributed by atoms with Gasteiger partial charge in [-0.3, -0.25) is 0 Å². The second-order valence-corrected chi connectivity index (χ2v) is 6.33. The Morgan fingerprint density at radius 1 is 0.619 bits per heavy atom. The Labute approximate surface area is 140 Å². The van der Waals surface area contributed by atoms with E-state index >= 15 is 0 Å². The molecule has 0 heterocycles. The fourth-order valence-corrected chi connectivity index (χ4v) is 3.11. The Kier molecular flexibility index (Phi) is 18.5. The quantitative estimate of drug-likeness (QED) is 0.360. The van der Waals surface area contributed by atoms with Gasteiger partial charge < -0.3 is 22.0 Å². The van der Waals surface area contributed by atoms with Gasteiger partial charge in [-0.05, 0) is 26.7 Å². The minimum Gasteiger partial charge on any atom is -1.00 e. The van der Waals surface area contributed by atoms with Gasteiger partial charge >= 0.3 is 0 Å². The van der Waals surface area contributed by atoms with Crippen molar-refractivity contribution in [2.45, 2.75) is 85.0 Å². The molecule has 0 aromatic carbocycles. The van der Waals surface area contributed by atoms with Gasteiger partial charge in [0.1, 0.15) is 6.54 Å². The first-order valence-electron chi connectivity index (χ1n) is 9.20. The third kappa shape index (κ3) is 12.4. The van der Waals surface area contributed by atoms with E-state index in [-0.39, 0.29) is 12.4 Å². The number of nitrogens with zero attached hydrogens (tertiary/aromatic N) is 1. The van der Waals surface area contributed by atoms with Crippen LogP contribution < -0.4 is 12.4 Å². The highest BCUT2D eigenvalue weighted by molar-refractivity contribution is 4.49. The lowest BCUT2D eigenvalue weighted by atomic mass is 10.1. The van der Waals surface area contributed by atoms with Gasteiger partial charge in [0.2, 0.25) is 0 Å². The van der Waals surface area contributed by atoms with Gasteiger partial charge in [-0.2, -0.15) is 0 Å². The van der Waals surface area contributed by atoms with Crippen LogP contribution in [0.5, 0.6) is 0 Å². The normalized spacial score (nSPS) is 11.4. The topological polar surface area (TPSA) is 20.2 Å². The molecule has 0 saturated carbocycles. The van der Waals surface area contributed by atoms with Crippen LogP contribution in [0.4, 0.5) is 0 Å². The molecule has 0 rings (SSSR count). The number of aliphatic hydroxyl groups is 1. The molecule has 0 radical (unpaired) electrons. The summed E-state index contributed by atoms with van der Waals surface area (Å²) in [7, 11) is 0. The summed E-state index contributed by atoms with van der Waals surface area (Å²) < 4.78 is 1.10. The molecule has 0 saturated heterocycles. The van der Waals surface area contributed by atoms with Gasteiger partial charge in [0.15, 0.2) is 0 Å². The van der Waals surface area contributed by atoms with E-state index in [4.69, 9.17) is 0 Å². The van der Waals surface area contributed by atoms with Crippen molar-refractivity contribution in [3.8, 4) is 0 Å². The largest absolute Gasteiger partial charge is 1.00 e. The average molecular weight is 322 g/mol. The lowest BCUT2D eigenvalue weighted by Gasteiger charge is -2.36. The maximum Gasteiger partial charge on any atom is 0.102 e. The van der Waals surface area contributed by atoms with Crippen LogP contribution in [0.2, 0.25) is 0 Å². The predicted molar refractivity (Wildman–Crippen MR) is 90.0 cm³/mol. The third-order valence-corrected chi connectivity index (χ3v) is 4.90. The molecular weight excluding hydrogens is 282 g/mol. The molecule has 0 unspecified atom stereocenters. The zero-order valence-corrected chi connectivity index (χ0v) is 15.6. The number of hydrogen-bond donors (Lipinski definition) is 1. The highest BCUT2D eigenvalue weighted by Gasteiger charge is 2.21. The van der Waals surface area contributed by atoms with E-state index in [0.29, 0.717) is 6.61 Å². The molecule has 0 amide bonds. The smallest absolute Gasteiger partial charge is 0.102 e. The second-order valence-electron chi connectivity index (χ2n) is 6.33. The minimum absolute atomic E-state index is 0. The highest BCUT2D eigenvalue weighted by Crippen LogP contribution is 2.13. The second kappa shape index (κ2) is 16.6. The van der Waals surface area contributed by atoms with Crippen molar-refractivity contribution in [1.29, 1.82) is 0 Å². The van der Waals surface area contributed by atoms with Gasteiger partial charge in [0.25, 0.3) is 0 Å². The molecule has 0 aromatic rings. The minimum atomic E-state index is 0. The molecule has 0 bridgehead atoms. The van der Waals surface area contributed by atoms with Crippen LogP contribution in [0, 0.1) is 0 Å². The number of hydrogen-bond acceptors (Lipinski definition) is 1. The first-order valence-corrected chi connectivity index (χ1v) is 9.20. The fourth-order valence-electron chi connectivity index (χ4n) is 3.11. The summed E-state index contributed by atoms with van der Waals surface area (Å²) in [6.45, 7) is 11.6.